The number of fused-ring (bicyclic) bond motifs is 1. The highest BCUT2D eigenvalue weighted by Crippen LogP contribution is 2.34. The number of carbonyl (C=O) groups excluding carboxylic acids is 1. The molecule has 0 amide bonds. The molecule has 15 heavy (non-hydrogen) atoms. The van der Waals surface area contributed by atoms with Crippen molar-refractivity contribution in [2.45, 2.75) is 19.0 Å². The highest BCUT2D eigenvalue weighted by molar-refractivity contribution is 5.75. The van der Waals surface area contributed by atoms with E-state index in [2.05, 4.69) is 0 Å². The number of aryl methyl sites for hydroxylation is 1. The van der Waals surface area contributed by atoms with Gasteiger partial charge in [0.15, 0.2) is 0 Å². The van der Waals surface area contributed by atoms with E-state index in [9.17, 15) is 18.0 Å². The van der Waals surface area contributed by atoms with Crippen molar-refractivity contribution in [3.05, 3.63) is 29.3 Å². The summed E-state index contributed by atoms with van der Waals surface area (Å²) in [5.74, 6) is -0.456. The molecular weight excluding hydrogens is 209 g/mol. The van der Waals surface area contributed by atoms with Gasteiger partial charge in [-0.3, -0.25) is 4.79 Å². The molecule has 2 nitrogen and oxygen atoms in total. The van der Waals surface area contributed by atoms with Gasteiger partial charge in [0.2, 0.25) is 0 Å². The van der Waals surface area contributed by atoms with Crippen molar-refractivity contribution in [2.75, 3.05) is 0 Å². The van der Waals surface area contributed by atoms with E-state index in [4.69, 9.17) is 4.74 Å². The third-order valence-electron chi connectivity index (χ3n) is 2.22. The first-order valence-corrected chi connectivity index (χ1v) is 4.37. The third kappa shape index (κ3) is 1.95. The molecule has 0 bridgehead atoms. The molecule has 0 N–H and O–H groups in total. The summed E-state index contributed by atoms with van der Waals surface area (Å²) in [7, 11) is 0. The number of benzene rings is 1. The first kappa shape index (κ1) is 10.0. The number of hydrogen-bond donors (Lipinski definition) is 0. The molecule has 0 aromatic heterocycles. The van der Waals surface area contributed by atoms with Gasteiger partial charge in [0.1, 0.15) is 5.75 Å². The SMILES string of the molecule is O=C1CCc2ccc(C(F)(F)F)cc2O1. The lowest BCUT2D eigenvalue weighted by Crippen LogP contribution is -2.16. The van der Waals surface area contributed by atoms with E-state index in [1.54, 1.807) is 0 Å². The van der Waals surface area contributed by atoms with E-state index in [0.717, 1.165) is 12.1 Å². The van der Waals surface area contributed by atoms with Crippen LogP contribution in [0.15, 0.2) is 18.2 Å². The summed E-state index contributed by atoms with van der Waals surface area (Å²) in [5, 5.41) is 0. The van der Waals surface area contributed by atoms with Gasteiger partial charge in [-0.05, 0) is 24.1 Å². The van der Waals surface area contributed by atoms with Crippen LogP contribution >= 0.6 is 0 Å². The Morgan fingerprint density at radius 2 is 1.93 bits per heavy atom. The molecule has 1 aliphatic heterocycles. The maximum atomic E-state index is 12.3. The number of hydrogen-bond acceptors (Lipinski definition) is 2. The minimum Gasteiger partial charge on any atom is -0.426 e. The van der Waals surface area contributed by atoms with Crippen LogP contribution in [-0.2, 0) is 17.4 Å². The molecule has 0 saturated heterocycles. The summed E-state index contributed by atoms with van der Waals surface area (Å²) >= 11 is 0. The Morgan fingerprint density at radius 1 is 1.20 bits per heavy atom. The number of carbonyl (C=O) groups is 1. The average molecular weight is 216 g/mol. The normalized spacial score (nSPS) is 15.8. The first-order valence-electron chi connectivity index (χ1n) is 4.37. The quantitative estimate of drug-likeness (QED) is 0.492. The average Bonchev–Trinajstić information content (AvgIpc) is 2.15. The highest BCUT2D eigenvalue weighted by atomic mass is 19.4. The third-order valence-corrected chi connectivity index (χ3v) is 2.22. The number of ether oxygens (including phenoxy) is 1. The smallest absolute Gasteiger partial charge is 0.416 e. The van der Waals surface area contributed by atoms with Crippen LogP contribution in [0.5, 0.6) is 5.75 Å². The Morgan fingerprint density at radius 3 is 2.60 bits per heavy atom. The van der Waals surface area contributed by atoms with Crippen LogP contribution in [0.1, 0.15) is 17.5 Å². The summed E-state index contributed by atoms with van der Waals surface area (Å²) in [6.45, 7) is 0. The summed E-state index contributed by atoms with van der Waals surface area (Å²) in [5.41, 5.74) is -0.154. The van der Waals surface area contributed by atoms with Crippen LogP contribution in [0.25, 0.3) is 0 Å². The molecule has 0 unspecified atom stereocenters. The summed E-state index contributed by atoms with van der Waals surface area (Å²) in [6.07, 6.45) is -3.75. The molecule has 0 aliphatic carbocycles. The summed E-state index contributed by atoms with van der Waals surface area (Å²) in [6, 6.07) is 3.22. The van der Waals surface area contributed by atoms with Crippen molar-refractivity contribution in [3.8, 4) is 5.75 Å². The van der Waals surface area contributed by atoms with Crippen molar-refractivity contribution in [2.24, 2.45) is 0 Å². The first-order chi connectivity index (χ1) is 6.97. The van der Waals surface area contributed by atoms with E-state index < -0.39 is 17.7 Å². The van der Waals surface area contributed by atoms with Gasteiger partial charge in [-0.25, -0.2) is 0 Å². The molecule has 0 fully saturated rings. The van der Waals surface area contributed by atoms with Gasteiger partial charge in [-0.2, -0.15) is 13.2 Å². The molecule has 0 radical (unpaired) electrons. The Hall–Kier alpha value is -1.52. The van der Waals surface area contributed by atoms with Crippen molar-refractivity contribution < 1.29 is 22.7 Å². The van der Waals surface area contributed by atoms with Gasteiger partial charge in [0.25, 0.3) is 0 Å². The molecule has 1 aliphatic rings. The lowest BCUT2D eigenvalue weighted by molar-refractivity contribution is -0.139. The molecule has 1 aromatic rings. The summed E-state index contributed by atoms with van der Waals surface area (Å²) < 4.78 is 41.7. The molecule has 1 aromatic carbocycles. The van der Waals surface area contributed by atoms with Crippen molar-refractivity contribution >= 4 is 5.97 Å². The molecule has 5 heteroatoms. The number of esters is 1. The Kier molecular flexibility index (Phi) is 2.17. The van der Waals surface area contributed by atoms with E-state index in [1.807, 2.05) is 0 Å². The van der Waals surface area contributed by atoms with Crippen LogP contribution in [-0.4, -0.2) is 5.97 Å². The van der Waals surface area contributed by atoms with Gasteiger partial charge in [-0.15, -0.1) is 0 Å². The minimum absolute atomic E-state index is 0.0288. The second kappa shape index (κ2) is 3.25. The topological polar surface area (TPSA) is 26.3 Å². The van der Waals surface area contributed by atoms with Crippen LogP contribution < -0.4 is 4.74 Å². The Labute approximate surface area is 83.7 Å². The lowest BCUT2D eigenvalue weighted by atomic mass is 10.0. The van der Waals surface area contributed by atoms with Crippen LogP contribution in [0.3, 0.4) is 0 Å². The van der Waals surface area contributed by atoms with Gasteiger partial charge in [0, 0.05) is 0 Å². The zero-order valence-electron chi connectivity index (χ0n) is 7.60. The number of rotatable bonds is 0. The van der Waals surface area contributed by atoms with Crippen LogP contribution in [0, 0.1) is 0 Å². The maximum absolute atomic E-state index is 12.3. The molecule has 0 spiro atoms. The molecule has 1 heterocycles. The predicted octanol–water partition coefficient (Wildman–Crippen LogP) is 2.56. The Balaban J connectivity index is 2.41. The van der Waals surface area contributed by atoms with E-state index >= 15 is 0 Å². The fourth-order valence-electron chi connectivity index (χ4n) is 1.44. The monoisotopic (exact) mass is 216 g/mol. The molecule has 0 atom stereocenters. The largest absolute Gasteiger partial charge is 0.426 e. The van der Waals surface area contributed by atoms with E-state index in [-0.39, 0.29) is 12.2 Å². The van der Waals surface area contributed by atoms with Crippen molar-refractivity contribution in [1.29, 1.82) is 0 Å². The summed E-state index contributed by atoms with van der Waals surface area (Å²) in [4.78, 5) is 10.9. The minimum atomic E-state index is -4.40. The lowest BCUT2D eigenvalue weighted by Gasteiger charge is -2.17. The second-order valence-electron chi connectivity index (χ2n) is 3.29. The predicted molar refractivity (Wildman–Crippen MR) is 45.4 cm³/mol. The number of alkyl halides is 3. The highest BCUT2D eigenvalue weighted by Gasteiger charge is 2.32. The number of halogens is 3. The van der Waals surface area contributed by atoms with Crippen LogP contribution in [0.4, 0.5) is 13.2 Å². The Bertz CT molecular complexity index is 410. The van der Waals surface area contributed by atoms with E-state index in [0.29, 0.717) is 12.0 Å². The zero-order valence-corrected chi connectivity index (χ0v) is 7.60. The zero-order chi connectivity index (χ0) is 11.1. The molecule has 80 valence electrons. The van der Waals surface area contributed by atoms with Crippen LogP contribution in [0.2, 0.25) is 0 Å². The fourth-order valence-corrected chi connectivity index (χ4v) is 1.44. The molecule has 0 saturated carbocycles. The van der Waals surface area contributed by atoms with Gasteiger partial charge < -0.3 is 4.74 Å². The standard InChI is InChI=1S/C10H7F3O2/c11-10(12,13)7-3-1-6-2-4-9(14)15-8(6)5-7/h1,3,5H,2,4H2. The van der Waals surface area contributed by atoms with E-state index in [1.165, 1.54) is 6.07 Å². The van der Waals surface area contributed by atoms with Gasteiger partial charge >= 0.3 is 12.1 Å². The maximum Gasteiger partial charge on any atom is 0.416 e. The van der Waals surface area contributed by atoms with Gasteiger partial charge in [0.05, 0.1) is 12.0 Å². The van der Waals surface area contributed by atoms with Crippen molar-refractivity contribution in [3.63, 3.8) is 0 Å². The van der Waals surface area contributed by atoms with Gasteiger partial charge in [-0.1, -0.05) is 6.07 Å². The molecule has 2 rings (SSSR count). The van der Waals surface area contributed by atoms with Crippen molar-refractivity contribution in [1.82, 2.24) is 0 Å². The second-order valence-corrected chi connectivity index (χ2v) is 3.29. The molecular formula is C10H7F3O2. The fraction of sp³-hybridized carbons (Fsp3) is 0.300.